The Kier molecular flexibility index (Phi) is 7.18. The molecule has 0 saturated carbocycles. The fraction of sp³-hybridized carbons (Fsp3) is 0.409. The quantitative estimate of drug-likeness (QED) is 0.692. The van der Waals surface area contributed by atoms with Crippen molar-refractivity contribution >= 4 is 28.9 Å². The number of halogens is 1. The topological polar surface area (TPSA) is 44.8 Å². The van der Waals surface area contributed by atoms with Crippen LogP contribution in [0.15, 0.2) is 42.5 Å². The van der Waals surface area contributed by atoms with E-state index in [-0.39, 0.29) is 5.91 Å². The van der Waals surface area contributed by atoms with Crippen LogP contribution < -0.4 is 15.0 Å². The van der Waals surface area contributed by atoms with E-state index >= 15 is 0 Å². The molecule has 5 nitrogen and oxygen atoms in total. The van der Waals surface area contributed by atoms with Crippen molar-refractivity contribution in [3.05, 3.63) is 53.1 Å². The van der Waals surface area contributed by atoms with Gasteiger partial charge in [0.05, 0.1) is 17.3 Å². The third-order valence-electron chi connectivity index (χ3n) is 4.93. The first kappa shape index (κ1) is 20.5. The molecule has 0 bridgehead atoms. The molecule has 0 aromatic heterocycles. The highest BCUT2D eigenvalue weighted by atomic mass is 35.5. The van der Waals surface area contributed by atoms with Crippen LogP contribution in [0.5, 0.6) is 5.75 Å². The van der Waals surface area contributed by atoms with Crippen LogP contribution in [-0.2, 0) is 0 Å². The Bertz CT molecular complexity index is 787. The van der Waals surface area contributed by atoms with Crippen LogP contribution in [0.2, 0.25) is 5.02 Å². The van der Waals surface area contributed by atoms with Gasteiger partial charge in [0.15, 0.2) is 0 Å². The normalized spacial score (nSPS) is 14.8. The number of likely N-dealkylation sites (N-methyl/N-ethyl adjacent to an activating group) is 1. The van der Waals surface area contributed by atoms with Crippen molar-refractivity contribution in [3.8, 4) is 5.75 Å². The van der Waals surface area contributed by atoms with Gasteiger partial charge in [0.1, 0.15) is 5.75 Å². The average molecular weight is 402 g/mol. The predicted molar refractivity (Wildman–Crippen MR) is 116 cm³/mol. The summed E-state index contributed by atoms with van der Waals surface area (Å²) >= 11 is 6.49. The number of ether oxygens (including phenoxy) is 1. The van der Waals surface area contributed by atoms with E-state index in [1.54, 1.807) is 12.1 Å². The lowest BCUT2D eigenvalue weighted by molar-refractivity contribution is 0.102. The highest BCUT2D eigenvalue weighted by molar-refractivity contribution is 6.33. The largest absolute Gasteiger partial charge is 0.494 e. The van der Waals surface area contributed by atoms with Crippen molar-refractivity contribution in [3.63, 3.8) is 0 Å². The number of anilines is 2. The van der Waals surface area contributed by atoms with E-state index in [0.29, 0.717) is 22.9 Å². The lowest BCUT2D eigenvalue weighted by atomic mass is 10.2. The Morgan fingerprint density at radius 3 is 2.46 bits per heavy atom. The number of carbonyl (C=O) groups excluding carboxylic acids is 1. The molecule has 0 atom stereocenters. The molecule has 2 aromatic rings. The molecule has 1 fully saturated rings. The summed E-state index contributed by atoms with van der Waals surface area (Å²) in [7, 11) is 2.13. The molecule has 1 amide bonds. The number of rotatable bonds is 7. The lowest BCUT2D eigenvalue weighted by Crippen LogP contribution is -2.44. The summed E-state index contributed by atoms with van der Waals surface area (Å²) in [5.41, 5.74) is 2.29. The van der Waals surface area contributed by atoms with Crippen LogP contribution in [0.1, 0.15) is 30.1 Å². The summed E-state index contributed by atoms with van der Waals surface area (Å²) in [4.78, 5) is 17.1. The second kappa shape index (κ2) is 9.80. The number of piperazine rings is 1. The van der Waals surface area contributed by atoms with Crippen LogP contribution >= 0.6 is 11.6 Å². The van der Waals surface area contributed by atoms with Gasteiger partial charge in [-0.25, -0.2) is 0 Å². The van der Waals surface area contributed by atoms with E-state index in [0.717, 1.165) is 50.5 Å². The van der Waals surface area contributed by atoms with Crippen molar-refractivity contribution in [2.24, 2.45) is 0 Å². The molecule has 0 aliphatic carbocycles. The van der Waals surface area contributed by atoms with E-state index in [1.807, 2.05) is 30.3 Å². The van der Waals surface area contributed by atoms with Crippen LogP contribution in [0, 0.1) is 0 Å². The molecule has 1 N–H and O–H groups in total. The summed E-state index contributed by atoms with van der Waals surface area (Å²) in [6.07, 6.45) is 2.11. The van der Waals surface area contributed by atoms with Crippen LogP contribution in [0.4, 0.5) is 11.4 Å². The van der Waals surface area contributed by atoms with Gasteiger partial charge >= 0.3 is 0 Å². The molecule has 1 heterocycles. The van der Waals surface area contributed by atoms with E-state index in [4.69, 9.17) is 16.3 Å². The zero-order valence-electron chi connectivity index (χ0n) is 16.6. The van der Waals surface area contributed by atoms with E-state index in [1.165, 1.54) is 0 Å². The second-order valence-corrected chi connectivity index (χ2v) is 7.54. The number of hydrogen-bond donors (Lipinski definition) is 1. The minimum atomic E-state index is -0.163. The van der Waals surface area contributed by atoms with Crippen molar-refractivity contribution in [2.45, 2.75) is 19.8 Å². The van der Waals surface area contributed by atoms with Crippen molar-refractivity contribution < 1.29 is 9.53 Å². The average Bonchev–Trinajstić information content (AvgIpc) is 2.70. The zero-order chi connectivity index (χ0) is 19.9. The third-order valence-corrected chi connectivity index (χ3v) is 5.24. The lowest BCUT2D eigenvalue weighted by Gasteiger charge is -2.34. The molecule has 1 aliphatic rings. The highest BCUT2D eigenvalue weighted by Crippen LogP contribution is 2.29. The van der Waals surface area contributed by atoms with E-state index < -0.39 is 0 Å². The van der Waals surface area contributed by atoms with Gasteiger partial charge in [0.2, 0.25) is 0 Å². The maximum atomic E-state index is 12.5. The molecular formula is C22H28ClN3O2. The molecule has 3 rings (SSSR count). The first-order chi connectivity index (χ1) is 13.6. The molecule has 0 radical (unpaired) electrons. The maximum absolute atomic E-state index is 12.5. The van der Waals surface area contributed by atoms with E-state index in [9.17, 15) is 4.79 Å². The number of amides is 1. The van der Waals surface area contributed by atoms with Gasteiger partial charge < -0.3 is 19.9 Å². The second-order valence-electron chi connectivity index (χ2n) is 7.14. The van der Waals surface area contributed by atoms with Crippen molar-refractivity contribution in [1.82, 2.24) is 4.90 Å². The first-order valence-corrected chi connectivity index (χ1v) is 10.2. The van der Waals surface area contributed by atoms with Gasteiger partial charge in [-0.15, -0.1) is 0 Å². The zero-order valence-corrected chi connectivity index (χ0v) is 17.3. The SMILES string of the molecule is CCCCOc1ccc(C(=O)Nc2ccc(N3CCN(C)CC3)c(Cl)c2)cc1. The molecule has 0 unspecified atom stereocenters. The van der Waals surface area contributed by atoms with Gasteiger partial charge in [-0.3, -0.25) is 4.79 Å². The fourth-order valence-corrected chi connectivity index (χ4v) is 3.43. The summed E-state index contributed by atoms with van der Waals surface area (Å²) in [6.45, 7) is 6.77. The summed E-state index contributed by atoms with van der Waals surface area (Å²) in [5.74, 6) is 0.619. The molecule has 2 aromatic carbocycles. The van der Waals surface area contributed by atoms with Gasteiger partial charge in [0, 0.05) is 37.4 Å². The first-order valence-electron chi connectivity index (χ1n) is 9.84. The molecule has 6 heteroatoms. The summed E-state index contributed by atoms with van der Waals surface area (Å²) in [6, 6.07) is 12.9. The predicted octanol–water partition coefficient (Wildman–Crippen LogP) is 4.52. The minimum absolute atomic E-state index is 0.163. The maximum Gasteiger partial charge on any atom is 0.255 e. The number of carbonyl (C=O) groups is 1. The molecule has 1 aliphatic heterocycles. The highest BCUT2D eigenvalue weighted by Gasteiger charge is 2.17. The van der Waals surface area contributed by atoms with Gasteiger partial charge in [-0.2, -0.15) is 0 Å². The monoisotopic (exact) mass is 401 g/mol. The molecule has 0 spiro atoms. The number of hydrogen-bond acceptors (Lipinski definition) is 4. The summed E-state index contributed by atoms with van der Waals surface area (Å²) in [5, 5.41) is 3.57. The minimum Gasteiger partial charge on any atom is -0.494 e. The number of nitrogens with zero attached hydrogens (tertiary/aromatic N) is 2. The van der Waals surface area contributed by atoms with Crippen LogP contribution in [-0.4, -0.2) is 50.6 Å². The molecule has 150 valence electrons. The Morgan fingerprint density at radius 2 is 1.82 bits per heavy atom. The Balaban J connectivity index is 1.60. The third kappa shape index (κ3) is 5.40. The number of benzene rings is 2. The Labute approximate surface area is 172 Å². The van der Waals surface area contributed by atoms with Gasteiger partial charge in [0.25, 0.3) is 5.91 Å². The standard InChI is InChI=1S/C22H28ClN3O2/c1-3-4-15-28-19-8-5-17(6-9-19)22(27)24-18-7-10-21(20(23)16-18)26-13-11-25(2)12-14-26/h5-10,16H,3-4,11-15H2,1-2H3,(H,24,27). The number of unbranched alkanes of at least 4 members (excludes halogenated alkanes) is 1. The molecule has 28 heavy (non-hydrogen) atoms. The fourth-order valence-electron chi connectivity index (χ4n) is 3.13. The van der Waals surface area contributed by atoms with Crippen LogP contribution in [0.25, 0.3) is 0 Å². The van der Waals surface area contributed by atoms with Crippen LogP contribution in [0.3, 0.4) is 0 Å². The summed E-state index contributed by atoms with van der Waals surface area (Å²) < 4.78 is 5.64. The Morgan fingerprint density at radius 1 is 1.11 bits per heavy atom. The van der Waals surface area contributed by atoms with E-state index in [2.05, 4.69) is 29.1 Å². The Hall–Kier alpha value is -2.24. The number of nitrogens with one attached hydrogen (secondary N) is 1. The smallest absolute Gasteiger partial charge is 0.255 e. The van der Waals surface area contributed by atoms with Crippen molar-refractivity contribution in [1.29, 1.82) is 0 Å². The molecule has 1 saturated heterocycles. The van der Waals surface area contributed by atoms with Gasteiger partial charge in [-0.05, 0) is 55.9 Å². The molecular weight excluding hydrogens is 374 g/mol. The van der Waals surface area contributed by atoms with Gasteiger partial charge in [-0.1, -0.05) is 24.9 Å². The van der Waals surface area contributed by atoms with Crippen molar-refractivity contribution in [2.75, 3.05) is 50.1 Å².